The Balaban J connectivity index is 2.51. The van der Waals surface area contributed by atoms with Gasteiger partial charge in [-0.15, -0.1) is 11.3 Å². The topological polar surface area (TPSA) is 64.8 Å². The van der Waals surface area contributed by atoms with E-state index in [0.717, 1.165) is 35.5 Å². The van der Waals surface area contributed by atoms with Crippen molar-refractivity contribution in [3.8, 4) is 6.07 Å². The van der Waals surface area contributed by atoms with Gasteiger partial charge in [-0.2, -0.15) is 10.2 Å². The van der Waals surface area contributed by atoms with Crippen molar-refractivity contribution in [3.05, 3.63) is 10.9 Å². The van der Waals surface area contributed by atoms with Gasteiger partial charge >= 0.3 is 0 Å². The monoisotopic (exact) mass is 303 g/mol. The molecule has 0 aromatic carbocycles. The van der Waals surface area contributed by atoms with Gasteiger partial charge in [0, 0.05) is 24.5 Å². The second-order valence-corrected chi connectivity index (χ2v) is 5.79. The van der Waals surface area contributed by atoms with Gasteiger partial charge in [0.1, 0.15) is 10.6 Å². The minimum atomic E-state index is 0.501. The number of aryl methyl sites for hydroxylation is 1. The molecule has 0 aliphatic heterocycles. The summed E-state index contributed by atoms with van der Waals surface area (Å²) in [6.45, 7) is 8.59. The molecule has 2 aromatic heterocycles. The second-order valence-electron chi connectivity index (χ2n) is 4.67. The lowest BCUT2D eigenvalue weighted by molar-refractivity contribution is 0.814. The number of anilines is 2. The molecular formula is C15H21N5S. The summed E-state index contributed by atoms with van der Waals surface area (Å²) in [5.74, 6) is 1.60. The Bertz CT molecular complexity index is 643. The van der Waals surface area contributed by atoms with Crippen molar-refractivity contribution in [1.29, 1.82) is 5.26 Å². The normalized spacial score (nSPS) is 10.6. The Morgan fingerprint density at radius 1 is 1.33 bits per heavy atom. The molecule has 0 fully saturated rings. The molecule has 21 heavy (non-hydrogen) atoms. The average molecular weight is 303 g/mol. The molecule has 0 unspecified atom stereocenters. The van der Waals surface area contributed by atoms with Gasteiger partial charge in [-0.1, -0.05) is 6.92 Å². The van der Waals surface area contributed by atoms with Gasteiger partial charge in [0.05, 0.1) is 17.9 Å². The first-order valence-corrected chi connectivity index (χ1v) is 8.21. The van der Waals surface area contributed by atoms with Crippen LogP contribution in [0.4, 0.5) is 11.8 Å². The first-order chi connectivity index (χ1) is 10.2. The maximum absolute atomic E-state index is 8.83. The third kappa shape index (κ3) is 3.42. The fraction of sp³-hybridized carbons (Fsp3) is 0.533. The van der Waals surface area contributed by atoms with E-state index in [4.69, 9.17) is 5.26 Å². The minimum absolute atomic E-state index is 0.501. The summed E-state index contributed by atoms with van der Waals surface area (Å²) in [7, 11) is 0. The summed E-state index contributed by atoms with van der Waals surface area (Å²) < 4.78 is 0. The van der Waals surface area contributed by atoms with Crippen LogP contribution in [0.5, 0.6) is 0 Å². The van der Waals surface area contributed by atoms with Gasteiger partial charge < -0.3 is 10.2 Å². The third-order valence-corrected chi connectivity index (χ3v) is 4.46. The minimum Gasteiger partial charge on any atom is -0.355 e. The Hall–Kier alpha value is -1.87. The van der Waals surface area contributed by atoms with Gasteiger partial charge in [-0.3, -0.25) is 0 Å². The molecule has 0 radical (unpaired) electrons. The molecule has 0 aliphatic carbocycles. The van der Waals surface area contributed by atoms with Crippen molar-refractivity contribution in [3.63, 3.8) is 0 Å². The lowest BCUT2D eigenvalue weighted by Crippen LogP contribution is -2.25. The molecule has 6 heteroatoms. The molecule has 0 amide bonds. The van der Waals surface area contributed by atoms with E-state index in [2.05, 4.69) is 46.2 Å². The number of fused-ring (bicyclic) bond motifs is 1. The summed E-state index contributed by atoms with van der Waals surface area (Å²) in [5, 5.41) is 13.1. The highest BCUT2D eigenvalue weighted by molar-refractivity contribution is 7.18. The van der Waals surface area contributed by atoms with E-state index >= 15 is 0 Å². The maximum atomic E-state index is 8.83. The van der Waals surface area contributed by atoms with E-state index in [1.54, 1.807) is 11.3 Å². The molecule has 0 spiro atoms. The van der Waals surface area contributed by atoms with E-state index in [9.17, 15) is 0 Å². The van der Waals surface area contributed by atoms with Crippen molar-refractivity contribution in [2.24, 2.45) is 0 Å². The molecule has 112 valence electrons. The standard InChI is InChI=1S/C15H21N5S/c1-4-11-10-12-13(20(6-3)9-7-8-16)18-15(17-5-2)19-14(12)21-11/h10H,4-7,9H2,1-3H3,(H,17,18,19). The quantitative estimate of drug-likeness (QED) is 0.849. The molecular weight excluding hydrogens is 282 g/mol. The Kier molecular flexibility index (Phi) is 5.34. The van der Waals surface area contributed by atoms with Gasteiger partial charge in [0.25, 0.3) is 0 Å². The molecule has 0 aliphatic rings. The van der Waals surface area contributed by atoms with Crippen molar-refractivity contribution in [1.82, 2.24) is 9.97 Å². The van der Waals surface area contributed by atoms with Crippen LogP contribution < -0.4 is 10.2 Å². The van der Waals surface area contributed by atoms with Gasteiger partial charge in [-0.05, 0) is 26.3 Å². The largest absolute Gasteiger partial charge is 0.355 e. The molecule has 1 N–H and O–H groups in total. The molecule has 5 nitrogen and oxygen atoms in total. The number of thiophene rings is 1. The number of hydrogen-bond acceptors (Lipinski definition) is 6. The van der Waals surface area contributed by atoms with Crippen LogP contribution >= 0.6 is 11.3 Å². The number of nitrogens with zero attached hydrogens (tertiary/aromatic N) is 4. The average Bonchev–Trinajstić information content (AvgIpc) is 2.91. The van der Waals surface area contributed by atoms with Crippen LogP contribution in [-0.2, 0) is 6.42 Å². The van der Waals surface area contributed by atoms with E-state index in [-0.39, 0.29) is 0 Å². The van der Waals surface area contributed by atoms with Crippen LogP contribution in [0.25, 0.3) is 10.2 Å². The number of hydrogen-bond donors (Lipinski definition) is 1. The number of nitriles is 1. The van der Waals surface area contributed by atoms with Gasteiger partial charge in [-0.25, -0.2) is 4.98 Å². The fourth-order valence-corrected chi connectivity index (χ4v) is 3.17. The molecule has 0 atom stereocenters. The molecule has 2 heterocycles. The van der Waals surface area contributed by atoms with Crippen LogP contribution in [-0.4, -0.2) is 29.6 Å². The first-order valence-electron chi connectivity index (χ1n) is 7.39. The van der Waals surface area contributed by atoms with Crippen molar-refractivity contribution in [2.45, 2.75) is 33.6 Å². The van der Waals surface area contributed by atoms with E-state index in [0.29, 0.717) is 18.9 Å². The fourth-order valence-electron chi connectivity index (χ4n) is 2.21. The predicted molar refractivity (Wildman–Crippen MR) is 89.1 cm³/mol. The smallest absolute Gasteiger partial charge is 0.226 e. The predicted octanol–water partition coefficient (Wildman–Crippen LogP) is 3.43. The summed E-state index contributed by atoms with van der Waals surface area (Å²) in [6.07, 6.45) is 1.50. The van der Waals surface area contributed by atoms with E-state index < -0.39 is 0 Å². The van der Waals surface area contributed by atoms with Crippen molar-refractivity contribution in [2.75, 3.05) is 29.9 Å². The van der Waals surface area contributed by atoms with Gasteiger partial charge in [0.15, 0.2) is 0 Å². The van der Waals surface area contributed by atoms with E-state index in [1.807, 2.05) is 6.92 Å². The summed E-state index contributed by atoms with van der Waals surface area (Å²) in [5.41, 5.74) is 0. The third-order valence-electron chi connectivity index (χ3n) is 3.28. The zero-order chi connectivity index (χ0) is 15.2. The van der Waals surface area contributed by atoms with Crippen LogP contribution in [0.2, 0.25) is 0 Å². The lowest BCUT2D eigenvalue weighted by atomic mass is 10.3. The van der Waals surface area contributed by atoms with Crippen molar-refractivity contribution < 1.29 is 0 Å². The highest BCUT2D eigenvalue weighted by Gasteiger charge is 2.15. The van der Waals surface area contributed by atoms with Crippen LogP contribution in [0, 0.1) is 11.3 Å². The second kappa shape index (κ2) is 7.23. The van der Waals surface area contributed by atoms with Crippen LogP contribution in [0.1, 0.15) is 32.1 Å². The van der Waals surface area contributed by atoms with Gasteiger partial charge in [0.2, 0.25) is 5.95 Å². The molecule has 2 rings (SSSR count). The van der Waals surface area contributed by atoms with Crippen LogP contribution in [0.15, 0.2) is 6.07 Å². The Labute approximate surface area is 129 Å². The first kappa shape index (κ1) is 15.5. The number of aromatic nitrogens is 2. The van der Waals surface area contributed by atoms with E-state index in [1.165, 1.54) is 4.88 Å². The van der Waals surface area contributed by atoms with Crippen LogP contribution in [0.3, 0.4) is 0 Å². The Morgan fingerprint density at radius 2 is 2.14 bits per heavy atom. The summed E-state index contributed by atoms with van der Waals surface area (Å²) in [6, 6.07) is 4.39. The summed E-state index contributed by atoms with van der Waals surface area (Å²) in [4.78, 5) is 13.7. The highest BCUT2D eigenvalue weighted by atomic mass is 32.1. The zero-order valence-corrected chi connectivity index (χ0v) is 13.6. The molecule has 2 aromatic rings. The zero-order valence-electron chi connectivity index (χ0n) is 12.8. The maximum Gasteiger partial charge on any atom is 0.226 e. The Morgan fingerprint density at radius 3 is 2.76 bits per heavy atom. The summed E-state index contributed by atoms with van der Waals surface area (Å²) >= 11 is 1.72. The molecule has 0 bridgehead atoms. The number of nitrogens with one attached hydrogen (secondary N) is 1. The lowest BCUT2D eigenvalue weighted by Gasteiger charge is -2.21. The molecule has 0 saturated carbocycles. The molecule has 0 saturated heterocycles. The number of rotatable bonds is 7. The highest BCUT2D eigenvalue weighted by Crippen LogP contribution is 2.32. The van der Waals surface area contributed by atoms with Crippen molar-refractivity contribution >= 4 is 33.3 Å². The SMILES string of the molecule is CCNc1nc(N(CC)CCC#N)c2cc(CC)sc2n1.